The molecule has 5 aromatic rings. The van der Waals surface area contributed by atoms with E-state index in [1.807, 2.05) is 49.5 Å². The number of hydrogen-bond donors (Lipinski definition) is 2. The molecule has 6 aliphatic heterocycles. The largest absolute Gasteiger partial charge is 0.464 e. The van der Waals surface area contributed by atoms with E-state index in [9.17, 15) is 14.4 Å². The van der Waals surface area contributed by atoms with Gasteiger partial charge in [-0.05, 0) is 134 Å². The lowest BCUT2D eigenvalue weighted by Gasteiger charge is -2.53. The van der Waals surface area contributed by atoms with E-state index < -0.39 is 53.2 Å². The number of fused-ring (bicyclic) bond motifs is 4. The molecule has 8 bridgehead atoms. The number of carbonyl (C=O) groups is 4. The number of nitrogens with zero attached hydrogens (tertiary/aromatic N) is 7. The monoisotopic (exact) mass is 1140 g/mol. The third kappa shape index (κ3) is 12.8. The van der Waals surface area contributed by atoms with E-state index in [-0.39, 0.29) is 43.0 Å². The molecule has 2 aromatic carbocycles. The minimum Gasteiger partial charge on any atom is -0.464 e. The summed E-state index contributed by atoms with van der Waals surface area (Å²) in [6.45, 7) is 21.0. The molecule has 20 nitrogen and oxygen atoms in total. The predicted molar refractivity (Wildman–Crippen MR) is 311 cm³/mol. The Morgan fingerprint density at radius 2 is 1.72 bits per heavy atom. The molecule has 6 fully saturated rings. The highest BCUT2D eigenvalue weighted by Gasteiger charge is 2.53. The zero-order valence-electron chi connectivity index (χ0n) is 49.7. The molecule has 3 aromatic heterocycles. The Labute approximate surface area is 486 Å². The summed E-state index contributed by atoms with van der Waals surface area (Å²) in [5, 5.41) is 5.48. The molecule has 1 saturated carbocycles. The summed E-state index contributed by atoms with van der Waals surface area (Å²) >= 11 is 0. The molecule has 83 heavy (non-hydrogen) atoms. The first-order valence-electron chi connectivity index (χ1n) is 29.8. The third-order valence-corrected chi connectivity index (χ3v) is 17.4. The van der Waals surface area contributed by atoms with Crippen molar-refractivity contribution in [3.8, 4) is 22.7 Å². The number of piperazine rings is 1. The number of benzene rings is 2. The minimum atomic E-state index is -1.17. The van der Waals surface area contributed by atoms with Crippen LogP contribution in [0.2, 0.25) is 0 Å². The number of nitrogens with one attached hydrogen (secondary N) is 2. The maximum Gasteiger partial charge on any atom is 0.410 e. The fraction of sp³-hybridized carbons (Fsp3) is 0.587. The Balaban J connectivity index is 1.03. The van der Waals surface area contributed by atoms with Crippen LogP contribution in [-0.2, 0) is 57.6 Å². The average molecular weight is 1140 g/mol. The third-order valence-electron chi connectivity index (χ3n) is 17.4. The molecule has 9 heterocycles. The van der Waals surface area contributed by atoms with Crippen molar-refractivity contribution in [1.82, 2.24) is 40.1 Å². The van der Waals surface area contributed by atoms with Gasteiger partial charge < -0.3 is 52.5 Å². The van der Waals surface area contributed by atoms with Crippen LogP contribution in [0.5, 0.6) is 0 Å². The van der Waals surface area contributed by atoms with Crippen LogP contribution < -0.4 is 15.6 Å². The van der Waals surface area contributed by atoms with Crippen LogP contribution in [0.4, 0.5) is 15.3 Å². The molecule has 1 aliphatic carbocycles. The lowest BCUT2D eigenvalue weighted by Crippen LogP contribution is -2.72. The van der Waals surface area contributed by atoms with Crippen molar-refractivity contribution in [2.24, 2.45) is 11.3 Å². The van der Waals surface area contributed by atoms with Gasteiger partial charge in [-0.3, -0.25) is 24.5 Å². The van der Waals surface area contributed by atoms with Gasteiger partial charge in [0, 0.05) is 86.3 Å². The molecule has 0 spiro atoms. The number of methoxy groups -OCH3 is 1. The van der Waals surface area contributed by atoms with Gasteiger partial charge in [-0.15, -0.1) is 0 Å². The SMILES string of the molecule is CO[C@@H](C)c1ncc(N2CCN(C(=O)OCc3ccccc3)CC2)cc1-c1c2c3cc(ccc3n1CCO[C@H]1CCOC(C)(C)C1)-c1nc(co1)[C@@H](N1CCCC1)[C@H](NC(=O)OC(C)(C)C)C(=O)N1N[C@H](C(=O)OCC(C)(C)C2)C2CC1C2. The Hall–Kier alpha value is -6.58. The molecule has 2 N–H and O–H groups in total. The topological polar surface area (TPSA) is 205 Å². The summed E-state index contributed by atoms with van der Waals surface area (Å²) in [4.78, 5) is 73.8. The van der Waals surface area contributed by atoms with Crippen molar-refractivity contribution in [3.63, 3.8) is 0 Å². The fourth-order valence-electron chi connectivity index (χ4n) is 13.0. The molecule has 5 saturated heterocycles. The lowest BCUT2D eigenvalue weighted by molar-refractivity contribution is -0.171. The number of carbonyl (C=O) groups excluding carboxylic acids is 4. The van der Waals surface area contributed by atoms with Gasteiger partial charge in [-0.25, -0.2) is 20.0 Å². The second-order valence-corrected chi connectivity index (χ2v) is 25.9. The van der Waals surface area contributed by atoms with Gasteiger partial charge in [-0.1, -0.05) is 44.2 Å². The van der Waals surface area contributed by atoms with Crippen LogP contribution >= 0.6 is 0 Å². The predicted octanol–water partition coefficient (Wildman–Crippen LogP) is 9.15. The normalized spacial score (nSPS) is 25.1. The number of esters is 1. The summed E-state index contributed by atoms with van der Waals surface area (Å²) in [5.41, 5.74) is 9.04. The number of pyridine rings is 1. The smallest absolute Gasteiger partial charge is 0.410 e. The first-order valence-corrected chi connectivity index (χ1v) is 29.8. The number of aromatic nitrogens is 3. The second kappa shape index (κ2) is 23.8. The highest BCUT2D eigenvalue weighted by molar-refractivity contribution is 5.95. The van der Waals surface area contributed by atoms with E-state index in [2.05, 4.69) is 71.0 Å². The molecule has 446 valence electrons. The molecule has 12 rings (SSSR count). The van der Waals surface area contributed by atoms with E-state index >= 15 is 4.79 Å². The maximum absolute atomic E-state index is 15.3. The van der Waals surface area contributed by atoms with Crippen LogP contribution in [0.25, 0.3) is 33.6 Å². The van der Waals surface area contributed by atoms with E-state index in [1.54, 1.807) is 44.1 Å². The van der Waals surface area contributed by atoms with Crippen LogP contribution in [0, 0.1) is 11.3 Å². The quantitative estimate of drug-likeness (QED) is 0.0883. The van der Waals surface area contributed by atoms with Crippen LogP contribution in [0.1, 0.15) is 129 Å². The number of ether oxygens (including phenoxy) is 6. The molecular formula is C63H83N9O11. The molecule has 7 aliphatic rings. The van der Waals surface area contributed by atoms with Crippen LogP contribution in [0.15, 0.2) is 71.5 Å². The Bertz CT molecular complexity index is 3150. The summed E-state index contributed by atoms with van der Waals surface area (Å²) in [6.07, 6.45) is 7.06. The van der Waals surface area contributed by atoms with Crippen molar-refractivity contribution in [3.05, 3.63) is 89.6 Å². The van der Waals surface area contributed by atoms with Crippen molar-refractivity contribution in [1.29, 1.82) is 0 Å². The van der Waals surface area contributed by atoms with E-state index in [0.717, 1.165) is 70.4 Å². The van der Waals surface area contributed by atoms with Crippen LogP contribution in [-0.4, -0.2) is 155 Å². The van der Waals surface area contributed by atoms with Crippen molar-refractivity contribution >= 4 is 40.7 Å². The molecule has 5 atom stereocenters. The number of oxazole rings is 1. The Kier molecular flexibility index (Phi) is 16.7. The molecule has 0 unspecified atom stereocenters. The number of anilines is 1. The summed E-state index contributed by atoms with van der Waals surface area (Å²) in [5.74, 6) is -0.519. The van der Waals surface area contributed by atoms with Gasteiger partial charge in [-0.2, -0.15) is 0 Å². The average Bonchev–Trinajstić information content (AvgIpc) is 4.46. The molecular weight excluding hydrogens is 1060 g/mol. The lowest BCUT2D eigenvalue weighted by atomic mass is 9.73. The van der Waals surface area contributed by atoms with Gasteiger partial charge in [0.15, 0.2) is 0 Å². The molecule has 20 heteroatoms. The zero-order valence-corrected chi connectivity index (χ0v) is 49.7. The number of hydrazine groups is 1. The van der Waals surface area contributed by atoms with Gasteiger partial charge >= 0.3 is 18.2 Å². The van der Waals surface area contributed by atoms with E-state index in [4.69, 9.17) is 42.8 Å². The van der Waals surface area contributed by atoms with E-state index in [0.29, 0.717) is 95.4 Å². The van der Waals surface area contributed by atoms with Crippen molar-refractivity contribution < 1.29 is 52.0 Å². The number of likely N-dealkylation sites (tertiary alicyclic amines) is 1. The Morgan fingerprint density at radius 3 is 2.45 bits per heavy atom. The number of alkyl carbamates (subject to hydrolysis) is 1. The van der Waals surface area contributed by atoms with Crippen molar-refractivity contribution in [2.45, 2.75) is 161 Å². The summed E-state index contributed by atoms with van der Waals surface area (Å²) in [7, 11) is 1.69. The second-order valence-electron chi connectivity index (χ2n) is 25.9. The van der Waals surface area contributed by atoms with Gasteiger partial charge in [0.2, 0.25) is 5.89 Å². The first kappa shape index (κ1) is 58.2. The van der Waals surface area contributed by atoms with E-state index in [1.165, 1.54) is 0 Å². The van der Waals surface area contributed by atoms with Gasteiger partial charge in [0.1, 0.15) is 30.6 Å². The maximum atomic E-state index is 15.3. The number of hydrogen-bond acceptors (Lipinski definition) is 16. The Morgan fingerprint density at radius 1 is 0.964 bits per heavy atom. The zero-order chi connectivity index (χ0) is 58.4. The standard InChI is InChI=1S/C63H83N9O11/c1-39(77-9)51-47(32-44(35-64-51)68-22-24-70(25-23-68)60(76)80-36-40-15-11-10-12-16-40)54-48-34-62(5,6)38-81-58(74)52-42-29-43(30-42)72(67-52)57(73)53(66-59(75)83-61(2,3)4)55(69-20-13-14-21-69)49-37-79-56(65-49)41-17-18-50(46(48)31-41)71(54)26-28-78-45-19-27-82-63(7,8)33-45/h10-12,15-18,31-32,35,37,39,42-43,45,52-53,55,67H,13-14,19-30,33-34,36,38H2,1-9H3,(H,66,75)/t39-,42?,43?,45-,52-,53-,55+/m0/s1. The highest BCUT2D eigenvalue weighted by Crippen LogP contribution is 2.45. The first-order chi connectivity index (χ1) is 39.7. The van der Waals surface area contributed by atoms with Gasteiger partial charge in [0.05, 0.1) is 66.0 Å². The summed E-state index contributed by atoms with van der Waals surface area (Å²) in [6, 6.07) is 15.3. The van der Waals surface area contributed by atoms with Crippen molar-refractivity contribution in [2.75, 3.05) is 71.1 Å². The fourth-order valence-corrected chi connectivity index (χ4v) is 13.0. The molecule has 0 radical (unpaired) electrons. The van der Waals surface area contributed by atoms with Gasteiger partial charge in [0.25, 0.3) is 5.91 Å². The number of amides is 3. The highest BCUT2D eigenvalue weighted by atomic mass is 16.6. The number of cyclic esters (lactones) is 1. The number of rotatable bonds is 12. The van der Waals surface area contributed by atoms with Crippen LogP contribution in [0.3, 0.4) is 0 Å². The summed E-state index contributed by atoms with van der Waals surface area (Å²) < 4.78 is 45.8. The molecule has 3 amide bonds. The minimum absolute atomic E-state index is 0.0116.